The Balaban J connectivity index is 1.45. The highest BCUT2D eigenvalue weighted by molar-refractivity contribution is 9.10. The van der Waals surface area contributed by atoms with E-state index in [2.05, 4.69) is 41.4 Å². The van der Waals surface area contributed by atoms with Crippen molar-refractivity contribution in [1.82, 2.24) is 15.3 Å². The van der Waals surface area contributed by atoms with Crippen LogP contribution in [0.15, 0.2) is 41.1 Å². The second-order valence-electron chi connectivity index (χ2n) is 5.55. The monoisotopic (exact) mass is 405 g/mol. The fourth-order valence-electron chi connectivity index (χ4n) is 2.48. The van der Waals surface area contributed by atoms with Gasteiger partial charge in [-0.05, 0) is 24.3 Å². The highest BCUT2D eigenvalue weighted by Gasteiger charge is 2.13. The van der Waals surface area contributed by atoms with Crippen LogP contribution in [0.25, 0.3) is 0 Å². The fraction of sp³-hybridized carbons (Fsp3) is 0.353. The molecule has 1 aromatic carbocycles. The van der Waals surface area contributed by atoms with E-state index >= 15 is 0 Å². The highest BCUT2D eigenvalue weighted by atomic mass is 79.9. The molecule has 2 aromatic rings. The molecular formula is C17H20BrN5O2. The normalized spacial score (nSPS) is 14.2. The summed E-state index contributed by atoms with van der Waals surface area (Å²) in [6.45, 7) is 4.19. The van der Waals surface area contributed by atoms with Crippen LogP contribution in [0.4, 0.5) is 11.6 Å². The van der Waals surface area contributed by atoms with Crippen LogP contribution in [0.3, 0.4) is 0 Å². The minimum atomic E-state index is -0.0917. The smallest absolute Gasteiger partial charge is 0.251 e. The van der Waals surface area contributed by atoms with Crippen molar-refractivity contribution in [2.45, 2.75) is 0 Å². The standard InChI is InChI=1S/C17H20BrN5O2/c18-14-3-1-13(2-4-14)17(24)20-6-5-19-15-11-16(22-12-21-15)23-7-9-25-10-8-23/h1-4,11-12H,5-10H2,(H,20,24)(H,19,21,22). The molecule has 0 unspecified atom stereocenters. The fourth-order valence-corrected chi connectivity index (χ4v) is 2.74. The lowest BCUT2D eigenvalue weighted by Gasteiger charge is -2.27. The summed E-state index contributed by atoms with van der Waals surface area (Å²) in [4.78, 5) is 22.7. The van der Waals surface area contributed by atoms with E-state index < -0.39 is 0 Å². The van der Waals surface area contributed by atoms with E-state index in [1.165, 1.54) is 0 Å². The van der Waals surface area contributed by atoms with E-state index in [-0.39, 0.29) is 5.91 Å². The molecule has 0 radical (unpaired) electrons. The second kappa shape index (κ2) is 8.77. The summed E-state index contributed by atoms with van der Waals surface area (Å²) in [5.41, 5.74) is 0.639. The maximum Gasteiger partial charge on any atom is 0.251 e. The minimum Gasteiger partial charge on any atom is -0.378 e. The van der Waals surface area contributed by atoms with E-state index in [1.807, 2.05) is 18.2 Å². The summed E-state index contributed by atoms with van der Waals surface area (Å²) in [6, 6.07) is 9.18. The molecule has 132 valence electrons. The van der Waals surface area contributed by atoms with Crippen molar-refractivity contribution < 1.29 is 9.53 Å². The molecule has 2 heterocycles. The van der Waals surface area contributed by atoms with Gasteiger partial charge in [0, 0.05) is 42.3 Å². The Labute approximate surface area is 154 Å². The average Bonchev–Trinajstić information content (AvgIpc) is 2.66. The van der Waals surface area contributed by atoms with Gasteiger partial charge < -0.3 is 20.3 Å². The van der Waals surface area contributed by atoms with Crippen molar-refractivity contribution in [3.63, 3.8) is 0 Å². The number of anilines is 2. The van der Waals surface area contributed by atoms with Gasteiger partial charge in [-0.15, -0.1) is 0 Å². The number of carbonyl (C=O) groups excluding carboxylic acids is 1. The number of halogens is 1. The minimum absolute atomic E-state index is 0.0917. The molecule has 8 heteroatoms. The molecule has 0 bridgehead atoms. The lowest BCUT2D eigenvalue weighted by molar-refractivity contribution is 0.0955. The maximum atomic E-state index is 12.0. The molecule has 25 heavy (non-hydrogen) atoms. The summed E-state index contributed by atoms with van der Waals surface area (Å²) >= 11 is 3.35. The van der Waals surface area contributed by atoms with E-state index in [4.69, 9.17) is 4.74 Å². The van der Waals surface area contributed by atoms with Crippen molar-refractivity contribution in [2.75, 3.05) is 49.6 Å². The van der Waals surface area contributed by atoms with Crippen molar-refractivity contribution in [3.05, 3.63) is 46.7 Å². The Morgan fingerprint density at radius 1 is 1.16 bits per heavy atom. The van der Waals surface area contributed by atoms with Crippen molar-refractivity contribution in [3.8, 4) is 0 Å². The lowest BCUT2D eigenvalue weighted by Crippen LogP contribution is -2.36. The quantitative estimate of drug-likeness (QED) is 0.714. The molecule has 1 amide bonds. The number of carbonyl (C=O) groups is 1. The summed E-state index contributed by atoms with van der Waals surface area (Å²) in [6.07, 6.45) is 1.55. The number of rotatable bonds is 6. The molecule has 1 aromatic heterocycles. The maximum absolute atomic E-state index is 12.0. The molecule has 3 rings (SSSR count). The number of hydrogen-bond donors (Lipinski definition) is 2. The number of aromatic nitrogens is 2. The summed E-state index contributed by atoms with van der Waals surface area (Å²) in [7, 11) is 0. The van der Waals surface area contributed by atoms with Gasteiger partial charge in [-0.25, -0.2) is 9.97 Å². The first-order valence-corrected chi connectivity index (χ1v) is 8.94. The Bertz CT molecular complexity index is 704. The Kier molecular flexibility index (Phi) is 6.19. The van der Waals surface area contributed by atoms with Crippen molar-refractivity contribution >= 4 is 33.5 Å². The summed E-state index contributed by atoms with van der Waals surface area (Å²) < 4.78 is 6.30. The van der Waals surface area contributed by atoms with Crippen molar-refractivity contribution in [2.24, 2.45) is 0 Å². The Hall–Kier alpha value is -2.19. The van der Waals surface area contributed by atoms with Crippen LogP contribution in [0.5, 0.6) is 0 Å². The average molecular weight is 406 g/mol. The van der Waals surface area contributed by atoms with Gasteiger partial charge in [0.05, 0.1) is 13.2 Å². The van der Waals surface area contributed by atoms with Crippen LogP contribution in [-0.2, 0) is 4.74 Å². The molecule has 1 saturated heterocycles. The first kappa shape index (κ1) is 17.6. The van der Waals surface area contributed by atoms with Gasteiger partial charge in [-0.3, -0.25) is 4.79 Å². The molecule has 1 aliphatic rings. The third-order valence-corrected chi connectivity index (χ3v) is 4.34. The number of nitrogens with zero attached hydrogens (tertiary/aromatic N) is 3. The molecule has 7 nitrogen and oxygen atoms in total. The number of nitrogens with one attached hydrogen (secondary N) is 2. The zero-order valence-electron chi connectivity index (χ0n) is 13.7. The number of morpholine rings is 1. The predicted octanol–water partition coefficient (Wildman–Crippen LogP) is 1.92. The van der Waals surface area contributed by atoms with Gasteiger partial charge in [-0.2, -0.15) is 0 Å². The number of amides is 1. The van der Waals surface area contributed by atoms with Crippen molar-refractivity contribution in [1.29, 1.82) is 0 Å². The lowest BCUT2D eigenvalue weighted by atomic mass is 10.2. The predicted molar refractivity (Wildman–Crippen MR) is 100 cm³/mol. The van der Waals surface area contributed by atoms with Gasteiger partial charge in [0.25, 0.3) is 5.91 Å². The van der Waals surface area contributed by atoms with Crippen LogP contribution < -0.4 is 15.5 Å². The molecule has 1 fully saturated rings. The zero-order valence-corrected chi connectivity index (χ0v) is 15.3. The van der Waals surface area contributed by atoms with E-state index in [9.17, 15) is 4.79 Å². The summed E-state index contributed by atoms with van der Waals surface area (Å²) in [5, 5.41) is 6.09. The van der Waals surface area contributed by atoms with Crippen LogP contribution in [0, 0.1) is 0 Å². The first-order valence-electron chi connectivity index (χ1n) is 8.15. The molecule has 1 aliphatic heterocycles. The summed E-state index contributed by atoms with van der Waals surface area (Å²) in [5.74, 6) is 1.54. The van der Waals surface area contributed by atoms with Gasteiger partial charge >= 0.3 is 0 Å². The van der Waals surface area contributed by atoms with E-state index in [0.29, 0.717) is 18.7 Å². The van der Waals surface area contributed by atoms with Gasteiger partial charge in [0.15, 0.2) is 0 Å². The first-order chi connectivity index (χ1) is 12.2. The Morgan fingerprint density at radius 2 is 1.92 bits per heavy atom. The van der Waals surface area contributed by atoms with E-state index in [1.54, 1.807) is 18.5 Å². The molecule has 2 N–H and O–H groups in total. The number of hydrogen-bond acceptors (Lipinski definition) is 6. The third kappa shape index (κ3) is 5.14. The van der Waals surface area contributed by atoms with Crippen LogP contribution in [0.1, 0.15) is 10.4 Å². The number of ether oxygens (including phenoxy) is 1. The molecule has 0 spiro atoms. The van der Waals surface area contributed by atoms with Gasteiger partial charge in [-0.1, -0.05) is 15.9 Å². The topological polar surface area (TPSA) is 79.4 Å². The molecule has 0 saturated carbocycles. The van der Waals surface area contributed by atoms with Crippen LogP contribution >= 0.6 is 15.9 Å². The molecule has 0 aliphatic carbocycles. The SMILES string of the molecule is O=C(NCCNc1cc(N2CCOCC2)ncn1)c1ccc(Br)cc1. The van der Waals surface area contributed by atoms with E-state index in [0.717, 1.165) is 42.4 Å². The second-order valence-corrected chi connectivity index (χ2v) is 6.47. The largest absolute Gasteiger partial charge is 0.378 e. The van der Waals surface area contributed by atoms with Gasteiger partial charge in [0.1, 0.15) is 18.0 Å². The van der Waals surface area contributed by atoms with Crippen LogP contribution in [0.2, 0.25) is 0 Å². The number of benzene rings is 1. The van der Waals surface area contributed by atoms with Crippen LogP contribution in [-0.4, -0.2) is 55.3 Å². The molecule has 0 atom stereocenters. The van der Waals surface area contributed by atoms with Gasteiger partial charge in [0.2, 0.25) is 0 Å². The molecular weight excluding hydrogens is 386 g/mol. The third-order valence-electron chi connectivity index (χ3n) is 3.81. The Morgan fingerprint density at radius 3 is 2.68 bits per heavy atom. The zero-order chi connectivity index (χ0) is 17.5. The highest BCUT2D eigenvalue weighted by Crippen LogP contribution is 2.15.